The minimum Gasteiger partial charge on any atom is -0.444 e. The van der Waals surface area contributed by atoms with E-state index in [4.69, 9.17) is 4.74 Å². The highest BCUT2D eigenvalue weighted by atomic mass is 16.6. The third-order valence-electron chi connectivity index (χ3n) is 5.96. The van der Waals surface area contributed by atoms with Crippen LogP contribution in [0.25, 0.3) is 0 Å². The molecule has 2 fully saturated rings. The topological polar surface area (TPSA) is 71.8 Å². The molecule has 2 bridgehead atoms. The number of pyridine rings is 1. The smallest absolute Gasteiger partial charge is 0.410 e. The van der Waals surface area contributed by atoms with Crippen LogP contribution >= 0.6 is 0 Å². The second-order valence-electron chi connectivity index (χ2n) is 9.27. The molecule has 3 atom stereocenters. The normalized spacial score (nSPS) is 26.8. The summed E-state index contributed by atoms with van der Waals surface area (Å²) in [6.45, 7) is 7.99. The summed E-state index contributed by atoms with van der Waals surface area (Å²) in [5, 5.41) is 0. The van der Waals surface area contributed by atoms with Crippen molar-refractivity contribution in [3.05, 3.63) is 34.2 Å². The number of nitrogens with zero attached hydrogens (tertiary/aromatic N) is 3. The van der Waals surface area contributed by atoms with Crippen molar-refractivity contribution >= 4 is 12.0 Å². The quantitative estimate of drug-likeness (QED) is 0.741. The Labute approximate surface area is 165 Å². The molecular formula is C21H29N3O4. The minimum atomic E-state index is -0.577. The Kier molecular flexibility index (Phi) is 4.71. The number of aromatic nitrogens is 1. The van der Waals surface area contributed by atoms with Gasteiger partial charge in [-0.05, 0) is 52.0 Å². The van der Waals surface area contributed by atoms with E-state index in [1.807, 2.05) is 36.3 Å². The molecule has 7 heteroatoms. The van der Waals surface area contributed by atoms with Crippen LogP contribution in [-0.4, -0.2) is 57.6 Å². The minimum absolute atomic E-state index is 0.0183. The molecule has 4 rings (SSSR count). The summed E-state index contributed by atoms with van der Waals surface area (Å²) in [4.78, 5) is 41.5. The number of carbonyl (C=O) groups excluding carboxylic acids is 2. The first kappa shape index (κ1) is 19.0. The summed E-state index contributed by atoms with van der Waals surface area (Å²) in [5.41, 5.74) is 0.488. The van der Waals surface area contributed by atoms with Crippen molar-refractivity contribution in [3.8, 4) is 0 Å². The van der Waals surface area contributed by atoms with Crippen LogP contribution in [-0.2, 0) is 16.1 Å². The standard InChI is InChI=1S/C21H29N3O4/c1-21(2,3)28-20(27)23-9-5-7-17(23)19(26)22-11-14-10-15(13-22)16-6-4-8-18(25)24(16)12-14/h4,6,8,14-15,17H,5,7,9-13H2,1-3H3/t14-,15+,17+/m0/s1. The van der Waals surface area contributed by atoms with Crippen molar-refractivity contribution in [2.75, 3.05) is 19.6 Å². The monoisotopic (exact) mass is 387 g/mol. The molecule has 152 valence electrons. The van der Waals surface area contributed by atoms with Gasteiger partial charge in [-0.3, -0.25) is 14.5 Å². The SMILES string of the molecule is CC(C)(C)OC(=O)N1CCC[C@@H]1C(=O)N1C[C@@H]2C[C@H](C1)c1cccc(=O)n1C2. The maximum atomic E-state index is 13.3. The van der Waals surface area contributed by atoms with E-state index in [-0.39, 0.29) is 23.3 Å². The molecule has 2 saturated heterocycles. The van der Waals surface area contributed by atoms with E-state index in [9.17, 15) is 14.4 Å². The van der Waals surface area contributed by atoms with Gasteiger partial charge in [0, 0.05) is 43.9 Å². The molecule has 0 aliphatic carbocycles. The van der Waals surface area contributed by atoms with Gasteiger partial charge in [-0.2, -0.15) is 0 Å². The van der Waals surface area contributed by atoms with Crippen LogP contribution in [0.5, 0.6) is 0 Å². The Balaban J connectivity index is 1.50. The van der Waals surface area contributed by atoms with Gasteiger partial charge in [0.05, 0.1) is 0 Å². The lowest BCUT2D eigenvalue weighted by molar-refractivity contribution is -0.138. The maximum Gasteiger partial charge on any atom is 0.410 e. The summed E-state index contributed by atoms with van der Waals surface area (Å²) in [6, 6.07) is 4.96. The zero-order chi connectivity index (χ0) is 20.1. The summed E-state index contributed by atoms with van der Waals surface area (Å²) in [6.07, 6.45) is 2.10. The molecule has 7 nitrogen and oxygen atoms in total. The second kappa shape index (κ2) is 6.94. The summed E-state index contributed by atoms with van der Waals surface area (Å²) < 4.78 is 7.37. The molecule has 0 N–H and O–H groups in total. The predicted octanol–water partition coefficient (Wildman–Crippen LogP) is 2.19. The fourth-order valence-corrected chi connectivity index (χ4v) is 4.85. The van der Waals surface area contributed by atoms with Gasteiger partial charge in [0.25, 0.3) is 5.56 Å². The summed E-state index contributed by atoms with van der Waals surface area (Å²) in [5.74, 6) is 0.484. The zero-order valence-corrected chi connectivity index (χ0v) is 16.9. The van der Waals surface area contributed by atoms with Gasteiger partial charge >= 0.3 is 6.09 Å². The molecule has 1 aromatic rings. The highest BCUT2D eigenvalue weighted by Crippen LogP contribution is 2.36. The lowest BCUT2D eigenvalue weighted by atomic mass is 9.83. The fourth-order valence-electron chi connectivity index (χ4n) is 4.85. The number of carbonyl (C=O) groups is 2. The Morgan fingerprint density at radius 2 is 1.93 bits per heavy atom. The number of hydrogen-bond donors (Lipinski definition) is 0. The van der Waals surface area contributed by atoms with E-state index < -0.39 is 17.7 Å². The second-order valence-corrected chi connectivity index (χ2v) is 9.27. The van der Waals surface area contributed by atoms with Gasteiger partial charge in [-0.25, -0.2) is 4.79 Å². The average molecular weight is 387 g/mol. The largest absolute Gasteiger partial charge is 0.444 e. The van der Waals surface area contributed by atoms with Gasteiger partial charge in [0.15, 0.2) is 0 Å². The fraction of sp³-hybridized carbons (Fsp3) is 0.667. The number of fused-ring (bicyclic) bond motifs is 4. The van der Waals surface area contributed by atoms with E-state index in [0.29, 0.717) is 32.6 Å². The Morgan fingerprint density at radius 1 is 1.14 bits per heavy atom. The van der Waals surface area contributed by atoms with Crippen molar-refractivity contribution in [1.82, 2.24) is 14.4 Å². The third-order valence-corrected chi connectivity index (χ3v) is 5.96. The van der Waals surface area contributed by atoms with Gasteiger partial charge in [0.1, 0.15) is 11.6 Å². The van der Waals surface area contributed by atoms with Crippen molar-refractivity contribution in [3.63, 3.8) is 0 Å². The lowest BCUT2D eigenvalue weighted by Crippen LogP contribution is -2.54. The summed E-state index contributed by atoms with van der Waals surface area (Å²) >= 11 is 0. The Morgan fingerprint density at radius 3 is 2.68 bits per heavy atom. The van der Waals surface area contributed by atoms with Crippen LogP contribution < -0.4 is 5.56 Å². The Hall–Kier alpha value is -2.31. The number of likely N-dealkylation sites (tertiary alicyclic amines) is 2. The van der Waals surface area contributed by atoms with Gasteiger partial charge < -0.3 is 14.2 Å². The molecule has 0 aromatic carbocycles. The third kappa shape index (κ3) is 3.54. The number of rotatable bonds is 1. The van der Waals surface area contributed by atoms with Crippen molar-refractivity contribution in [2.24, 2.45) is 5.92 Å². The van der Waals surface area contributed by atoms with Crippen molar-refractivity contribution in [2.45, 2.75) is 64.1 Å². The van der Waals surface area contributed by atoms with Gasteiger partial charge in [0.2, 0.25) is 5.91 Å². The first-order valence-corrected chi connectivity index (χ1v) is 10.2. The van der Waals surface area contributed by atoms with Gasteiger partial charge in [-0.1, -0.05) is 6.07 Å². The van der Waals surface area contributed by atoms with E-state index in [1.165, 1.54) is 0 Å². The van der Waals surface area contributed by atoms with E-state index in [1.54, 1.807) is 17.0 Å². The molecule has 3 aliphatic rings. The average Bonchev–Trinajstić information content (AvgIpc) is 3.10. The molecule has 4 heterocycles. The Bertz CT molecular complexity index is 841. The molecule has 28 heavy (non-hydrogen) atoms. The zero-order valence-electron chi connectivity index (χ0n) is 16.9. The molecule has 0 unspecified atom stereocenters. The van der Waals surface area contributed by atoms with Crippen LogP contribution in [0.15, 0.2) is 23.0 Å². The van der Waals surface area contributed by atoms with Crippen LogP contribution in [0.3, 0.4) is 0 Å². The van der Waals surface area contributed by atoms with Crippen LogP contribution in [0.4, 0.5) is 4.79 Å². The molecule has 3 aliphatic heterocycles. The van der Waals surface area contributed by atoms with Crippen molar-refractivity contribution in [1.29, 1.82) is 0 Å². The lowest BCUT2D eigenvalue weighted by Gasteiger charge is -2.44. The first-order chi connectivity index (χ1) is 13.2. The van der Waals surface area contributed by atoms with E-state index in [0.717, 1.165) is 18.5 Å². The number of amides is 2. The highest BCUT2D eigenvalue weighted by Gasteiger charge is 2.42. The number of hydrogen-bond acceptors (Lipinski definition) is 4. The summed E-state index contributed by atoms with van der Waals surface area (Å²) in [7, 11) is 0. The van der Waals surface area contributed by atoms with Gasteiger partial charge in [-0.15, -0.1) is 0 Å². The molecule has 0 saturated carbocycles. The molecular weight excluding hydrogens is 358 g/mol. The van der Waals surface area contributed by atoms with Crippen LogP contribution in [0.1, 0.15) is 51.6 Å². The van der Waals surface area contributed by atoms with Crippen LogP contribution in [0.2, 0.25) is 0 Å². The molecule has 2 amide bonds. The maximum absolute atomic E-state index is 13.3. The predicted molar refractivity (Wildman–Crippen MR) is 104 cm³/mol. The molecule has 0 radical (unpaired) electrons. The van der Waals surface area contributed by atoms with E-state index >= 15 is 0 Å². The van der Waals surface area contributed by atoms with Crippen molar-refractivity contribution < 1.29 is 14.3 Å². The molecule has 0 spiro atoms. The first-order valence-electron chi connectivity index (χ1n) is 10.2. The highest BCUT2D eigenvalue weighted by molar-refractivity contribution is 5.86. The van der Waals surface area contributed by atoms with Crippen LogP contribution in [0, 0.1) is 5.92 Å². The number of ether oxygens (including phenoxy) is 1. The van der Waals surface area contributed by atoms with E-state index in [2.05, 4.69) is 0 Å². The molecule has 1 aromatic heterocycles. The number of piperidine rings is 1.